The number of nitrogens with zero attached hydrogens (tertiary/aromatic N) is 2. The van der Waals surface area contributed by atoms with E-state index in [4.69, 9.17) is 4.74 Å². The molecule has 1 saturated heterocycles. The predicted molar refractivity (Wildman–Crippen MR) is 82.7 cm³/mol. The molecule has 1 aromatic carbocycles. The van der Waals surface area contributed by atoms with Crippen LogP contribution in [0.15, 0.2) is 36.5 Å². The highest BCUT2D eigenvalue weighted by Gasteiger charge is 2.43. The lowest BCUT2D eigenvalue weighted by atomic mass is 9.97. The molecule has 23 heavy (non-hydrogen) atoms. The molecule has 0 unspecified atom stereocenters. The van der Waals surface area contributed by atoms with Crippen molar-refractivity contribution in [2.75, 3.05) is 11.9 Å². The van der Waals surface area contributed by atoms with Gasteiger partial charge in [0.1, 0.15) is 11.6 Å². The van der Waals surface area contributed by atoms with Gasteiger partial charge in [0.25, 0.3) is 0 Å². The van der Waals surface area contributed by atoms with Crippen molar-refractivity contribution in [2.45, 2.75) is 25.4 Å². The van der Waals surface area contributed by atoms with E-state index in [1.54, 1.807) is 24.4 Å². The maximum absolute atomic E-state index is 13.4. The lowest BCUT2D eigenvalue weighted by Gasteiger charge is -2.18. The van der Waals surface area contributed by atoms with Gasteiger partial charge < -0.3 is 10.1 Å². The summed E-state index contributed by atoms with van der Waals surface area (Å²) in [5.41, 5.74) is 0.576. The van der Waals surface area contributed by atoms with Gasteiger partial charge >= 0.3 is 0 Å². The number of hydrogen-bond donors (Lipinski definition) is 1. The van der Waals surface area contributed by atoms with Crippen LogP contribution in [-0.2, 0) is 9.53 Å². The summed E-state index contributed by atoms with van der Waals surface area (Å²) in [4.78, 5) is 12.6. The second-order valence-electron chi connectivity index (χ2n) is 6.17. The van der Waals surface area contributed by atoms with Crippen molar-refractivity contribution in [3.63, 3.8) is 0 Å². The van der Waals surface area contributed by atoms with Crippen LogP contribution in [0.1, 0.15) is 19.3 Å². The van der Waals surface area contributed by atoms with E-state index in [0.717, 1.165) is 19.3 Å². The normalized spacial score (nSPS) is 23.9. The minimum atomic E-state index is -0.340. The van der Waals surface area contributed by atoms with E-state index in [-0.39, 0.29) is 23.7 Å². The van der Waals surface area contributed by atoms with E-state index in [0.29, 0.717) is 24.0 Å². The zero-order valence-electron chi connectivity index (χ0n) is 12.6. The van der Waals surface area contributed by atoms with Crippen LogP contribution in [0.5, 0.6) is 0 Å². The first kappa shape index (κ1) is 14.4. The van der Waals surface area contributed by atoms with Gasteiger partial charge in [-0.2, -0.15) is 5.10 Å². The van der Waals surface area contributed by atoms with Gasteiger partial charge in [-0.1, -0.05) is 6.07 Å². The van der Waals surface area contributed by atoms with Gasteiger partial charge in [0.15, 0.2) is 0 Å². The Bertz CT molecular complexity index is 726. The van der Waals surface area contributed by atoms with Crippen LogP contribution < -0.4 is 5.32 Å². The van der Waals surface area contributed by atoms with Gasteiger partial charge in [0.2, 0.25) is 5.91 Å². The average Bonchev–Trinajstić information content (AvgIpc) is 3.09. The molecule has 1 N–H and O–H groups in total. The van der Waals surface area contributed by atoms with Crippen LogP contribution in [0.4, 0.5) is 10.2 Å². The topological polar surface area (TPSA) is 56.2 Å². The first-order valence-electron chi connectivity index (χ1n) is 7.95. The van der Waals surface area contributed by atoms with E-state index in [2.05, 4.69) is 10.4 Å². The molecule has 1 aliphatic heterocycles. The molecule has 5 nitrogen and oxygen atoms in total. The van der Waals surface area contributed by atoms with Crippen molar-refractivity contribution in [3.8, 4) is 5.69 Å². The minimum Gasteiger partial charge on any atom is -0.377 e. The molecule has 1 aliphatic carbocycles. The summed E-state index contributed by atoms with van der Waals surface area (Å²) in [6.07, 6.45) is 4.68. The Kier molecular flexibility index (Phi) is 3.61. The maximum atomic E-state index is 13.4. The van der Waals surface area contributed by atoms with E-state index < -0.39 is 0 Å². The Hall–Kier alpha value is -2.21. The summed E-state index contributed by atoms with van der Waals surface area (Å²) in [7, 11) is 0. The smallest absolute Gasteiger partial charge is 0.231 e. The molecule has 0 spiro atoms. The number of carbonyl (C=O) groups is 1. The zero-order chi connectivity index (χ0) is 15.8. The molecule has 120 valence electrons. The lowest BCUT2D eigenvalue weighted by Crippen LogP contribution is -2.31. The molecule has 0 radical (unpaired) electrons. The van der Waals surface area contributed by atoms with E-state index in [1.807, 2.05) is 0 Å². The van der Waals surface area contributed by atoms with Gasteiger partial charge in [-0.15, -0.1) is 0 Å². The number of nitrogens with one attached hydrogen (secondary N) is 1. The number of anilines is 1. The molecule has 1 saturated carbocycles. The van der Waals surface area contributed by atoms with Crippen LogP contribution in [0, 0.1) is 17.7 Å². The molecule has 2 fully saturated rings. The molecule has 4 rings (SSSR count). The number of rotatable bonds is 4. The number of halogens is 1. The van der Waals surface area contributed by atoms with Gasteiger partial charge in [0.05, 0.1) is 23.9 Å². The monoisotopic (exact) mass is 315 g/mol. The van der Waals surface area contributed by atoms with Gasteiger partial charge in [-0.25, -0.2) is 9.07 Å². The van der Waals surface area contributed by atoms with Crippen LogP contribution in [0.2, 0.25) is 0 Å². The van der Waals surface area contributed by atoms with Crippen molar-refractivity contribution in [1.82, 2.24) is 9.78 Å². The summed E-state index contributed by atoms with van der Waals surface area (Å²) in [5, 5.41) is 7.10. The van der Waals surface area contributed by atoms with Crippen LogP contribution in [0.25, 0.3) is 5.69 Å². The maximum Gasteiger partial charge on any atom is 0.231 e. The molecular weight excluding hydrogens is 297 g/mol. The number of hydrogen-bond acceptors (Lipinski definition) is 3. The van der Waals surface area contributed by atoms with Crippen LogP contribution in [-0.4, -0.2) is 28.4 Å². The second-order valence-corrected chi connectivity index (χ2v) is 6.17. The molecule has 6 heteroatoms. The zero-order valence-corrected chi connectivity index (χ0v) is 12.6. The van der Waals surface area contributed by atoms with E-state index in [1.165, 1.54) is 16.8 Å². The number of benzene rings is 1. The second kappa shape index (κ2) is 5.77. The molecule has 1 amide bonds. The average molecular weight is 315 g/mol. The van der Waals surface area contributed by atoms with Crippen molar-refractivity contribution in [3.05, 3.63) is 42.3 Å². The molecule has 2 atom stereocenters. The van der Waals surface area contributed by atoms with Crippen LogP contribution in [0.3, 0.4) is 0 Å². The fraction of sp³-hybridized carbons (Fsp3) is 0.412. The van der Waals surface area contributed by atoms with E-state index >= 15 is 0 Å². The summed E-state index contributed by atoms with van der Waals surface area (Å²) in [6.45, 7) is 0.641. The first-order valence-corrected chi connectivity index (χ1v) is 7.95. The molecule has 2 heterocycles. The Morgan fingerprint density at radius 1 is 1.30 bits per heavy atom. The van der Waals surface area contributed by atoms with Gasteiger partial charge in [-0.05, 0) is 43.4 Å². The Morgan fingerprint density at radius 3 is 2.96 bits per heavy atom. The first-order chi connectivity index (χ1) is 11.2. The minimum absolute atomic E-state index is 0.0422. The molecular formula is C17H18FN3O2. The summed E-state index contributed by atoms with van der Waals surface area (Å²) in [6, 6.07) is 7.84. The Balaban J connectivity index is 1.53. The Morgan fingerprint density at radius 2 is 2.17 bits per heavy atom. The quantitative estimate of drug-likeness (QED) is 0.944. The summed E-state index contributed by atoms with van der Waals surface area (Å²) >= 11 is 0. The highest BCUT2D eigenvalue weighted by Crippen LogP contribution is 2.41. The van der Waals surface area contributed by atoms with E-state index in [9.17, 15) is 9.18 Å². The summed E-state index contributed by atoms with van der Waals surface area (Å²) in [5.74, 6) is 0.576. The van der Waals surface area contributed by atoms with Gasteiger partial charge in [0, 0.05) is 12.7 Å². The fourth-order valence-corrected chi connectivity index (χ4v) is 3.21. The highest BCUT2D eigenvalue weighted by molar-refractivity contribution is 5.92. The molecule has 1 aromatic heterocycles. The lowest BCUT2D eigenvalue weighted by molar-refractivity contribution is -0.121. The van der Waals surface area contributed by atoms with Crippen molar-refractivity contribution < 1.29 is 13.9 Å². The largest absolute Gasteiger partial charge is 0.377 e. The number of amides is 1. The fourth-order valence-electron chi connectivity index (χ4n) is 3.21. The molecule has 2 aliphatic rings. The molecule has 0 bridgehead atoms. The van der Waals surface area contributed by atoms with Gasteiger partial charge in [-0.3, -0.25) is 4.79 Å². The predicted octanol–water partition coefficient (Wildman–Crippen LogP) is 2.77. The molecule has 2 aromatic rings. The van der Waals surface area contributed by atoms with Crippen molar-refractivity contribution in [1.29, 1.82) is 0 Å². The highest BCUT2D eigenvalue weighted by atomic mass is 19.1. The Labute approximate surface area is 133 Å². The van der Waals surface area contributed by atoms with Crippen molar-refractivity contribution >= 4 is 11.7 Å². The number of carbonyl (C=O) groups excluding carboxylic acids is 1. The standard InChI is InChI=1S/C17H18FN3O2/c18-12-2-1-3-13(10-12)21-15(6-8-19-21)20-17(22)14-7-9-23-16(14)11-4-5-11/h1-3,6,8,10-11,14,16H,4-5,7,9H2,(H,20,22)/t14-,16+/m1/s1. The third kappa shape index (κ3) is 2.86. The third-order valence-electron chi connectivity index (χ3n) is 4.51. The summed E-state index contributed by atoms with van der Waals surface area (Å²) < 4.78 is 20.7. The SMILES string of the molecule is O=C(Nc1ccnn1-c1cccc(F)c1)[C@@H]1CCO[C@H]1C1CC1. The van der Waals surface area contributed by atoms with Crippen molar-refractivity contribution in [2.24, 2.45) is 11.8 Å². The number of ether oxygens (including phenoxy) is 1. The third-order valence-corrected chi connectivity index (χ3v) is 4.51. The van der Waals surface area contributed by atoms with Crippen LogP contribution >= 0.6 is 0 Å². The number of aromatic nitrogens is 2.